The third-order valence-electron chi connectivity index (χ3n) is 6.11. The molecular weight excluding hydrogens is 436 g/mol. The van der Waals surface area contributed by atoms with Crippen molar-refractivity contribution in [1.29, 1.82) is 10.5 Å². The smallest absolute Gasteiger partial charge is 0.410 e. The van der Waals surface area contributed by atoms with Crippen molar-refractivity contribution in [3.05, 3.63) is 11.9 Å². The van der Waals surface area contributed by atoms with E-state index >= 15 is 0 Å². The molecule has 0 aliphatic carbocycles. The highest BCUT2D eigenvalue weighted by atomic mass is 16.6. The average Bonchev–Trinajstić information content (AvgIpc) is 3.18. The van der Waals surface area contributed by atoms with Crippen LogP contribution in [-0.4, -0.2) is 75.9 Å². The van der Waals surface area contributed by atoms with Gasteiger partial charge in [-0.3, -0.25) is 4.90 Å². The average molecular weight is 471 g/mol. The highest BCUT2D eigenvalue weighted by Gasteiger charge is 2.35. The molecule has 3 rings (SSSR count). The fourth-order valence-corrected chi connectivity index (χ4v) is 4.52. The lowest BCUT2D eigenvalue weighted by atomic mass is 9.97. The van der Waals surface area contributed by atoms with E-state index in [9.17, 15) is 15.3 Å². The van der Waals surface area contributed by atoms with Gasteiger partial charge in [0.05, 0.1) is 24.6 Å². The Hall–Kier alpha value is -3.11. The molecule has 2 saturated heterocycles. The minimum absolute atomic E-state index is 0.0285. The molecule has 0 radical (unpaired) electrons. The summed E-state index contributed by atoms with van der Waals surface area (Å²) >= 11 is 0. The summed E-state index contributed by atoms with van der Waals surface area (Å²) in [4.78, 5) is 24.8. The molecule has 10 heteroatoms. The van der Waals surface area contributed by atoms with Crippen LogP contribution in [0.25, 0.3) is 0 Å². The van der Waals surface area contributed by atoms with Crippen molar-refractivity contribution >= 4 is 6.09 Å². The third-order valence-corrected chi connectivity index (χ3v) is 6.11. The SMILES string of the molecule is C[C@H](Oc1cc(OC2CCN(C(=O)OC(C)(C)C)C(CC#N)C2)nc(C#N)n1)[C@@H]1CCCN1C. The molecule has 184 valence electrons. The van der Waals surface area contributed by atoms with Gasteiger partial charge in [-0.2, -0.15) is 20.5 Å². The zero-order chi connectivity index (χ0) is 24.9. The summed E-state index contributed by atoms with van der Waals surface area (Å²) in [5.74, 6) is 0.522. The Labute approximate surface area is 201 Å². The molecular formula is C24H34N6O4. The van der Waals surface area contributed by atoms with Gasteiger partial charge < -0.3 is 19.1 Å². The molecule has 10 nitrogen and oxygen atoms in total. The van der Waals surface area contributed by atoms with E-state index in [1.54, 1.807) is 11.0 Å². The van der Waals surface area contributed by atoms with Crippen LogP contribution in [0.1, 0.15) is 65.6 Å². The number of aromatic nitrogens is 2. The fraction of sp³-hybridized carbons (Fsp3) is 0.708. The maximum atomic E-state index is 12.6. The van der Waals surface area contributed by atoms with Crippen molar-refractivity contribution in [3.8, 4) is 23.9 Å². The number of nitrogens with zero attached hydrogens (tertiary/aromatic N) is 6. The van der Waals surface area contributed by atoms with Gasteiger partial charge in [0, 0.05) is 25.4 Å². The molecule has 0 saturated carbocycles. The minimum atomic E-state index is -0.614. The maximum absolute atomic E-state index is 12.6. The topological polar surface area (TPSA) is 125 Å². The zero-order valence-corrected chi connectivity index (χ0v) is 20.7. The van der Waals surface area contributed by atoms with Crippen LogP contribution in [0.15, 0.2) is 6.07 Å². The van der Waals surface area contributed by atoms with Gasteiger partial charge in [-0.1, -0.05) is 0 Å². The Kier molecular flexibility index (Phi) is 8.16. The maximum Gasteiger partial charge on any atom is 0.410 e. The number of carbonyl (C=O) groups excluding carboxylic acids is 1. The summed E-state index contributed by atoms with van der Waals surface area (Å²) < 4.78 is 17.7. The van der Waals surface area contributed by atoms with Crippen LogP contribution < -0.4 is 9.47 Å². The van der Waals surface area contributed by atoms with E-state index < -0.39 is 11.7 Å². The number of likely N-dealkylation sites (N-methyl/N-ethyl adjacent to an activating group) is 1. The molecule has 1 aromatic heterocycles. The van der Waals surface area contributed by atoms with E-state index in [0.717, 1.165) is 19.4 Å². The first-order valence-electron chi connectivity index (χ1n) is 11.8. The van der Waals surface area contributed by atoms with E-state index in [4.69, 9.17) is 14.2 Å². The third kappa shape index (κ3) is 6.71. The van der Waals surface area contributed by atoms with Crippen LogP contribution in [0.2, 0.25) is 0 Å². The Morgan fingerprint density at radius 2 is 1.97 bits per heavy atom. The monoisotopic (exact) mass is 470 g/mol. The fourth-order valence-electron chi connectivity index (χ4n) is 4.52. The van der Waals surface area contributed by atoms with Gasteiger partial charge in [-0.25, -0.2) is 4.79 Å². The lowest BCUT2D eigenvalue weighted by molar-refractivity contribution is -0.00383. The summed E-state index contributed by atoms with van der Waals surface area (Å²) in [7, 11) is 2.08. The molecule has 4 atom stereocenters. The number of nitriles is 2. The Morgan fingerprint density at radius 1 is 1.24 bits per heavy atom. The normalized spacial score (nSPS) is 24.1. The second-order valence-electron chi connectivity index (χ2n) is 9.95. The highest BCUT2D eigenvalue weighted by Crippen LogP contribution is 2.28. The number of likely N-dealkylation sites (tertiary alicyclic amines) is 2. The van der Waals surface area contributed by atoms with Crippen molar-refractivity contribution in [2.45, 2.75) is 89.7 Å². The number of carbonyl (C=O) groups is 1. The zero-order valence-electron chi connectivity index (χ0n) is 20.7. The van der Waals surface area contributed by atoms with Crippen molar-refractivity contribution < 1.29 is 19.0 Å². The van der Waals surface area contributed by atoms with Gasteiger partial charge in [-0.05, 0) is 54.1 Å². The summed E-state index contributed by atoms with van der Waals surface area (Å²) in [5, 5.41) is 18.7. The van der Waals surface area contributed by atoms with Gasteiger partial charge in [0.2, 0.25) is 17.6 Å². The van der Waals surface area contributed by atoms with Gasteiger partial charge in [0.1, 0.15) is 23.9 Å². The van der Waals surface area contributed by atoms with Crippen LogP contribution >= 0.6 is 0 Å². The molecule has 2 aliphatic rings. The number of hydrogen-bond donors (Lipinski definition) is 0. The van der Waals surface area contributed by atoms with E-state index in [-0.39, 0.29) is 42.4 Å². The van der Waals surface area contributed by atoms with E-state index in [0.29, 0.717) is 25.3 Å². The molecule has 1 aromatic rings. The van der Waals surface area contributed by atoms with Gasteiger partial charge >= 0.3 is 6.09 Å². The second-order valence-corrected chi connectivity index (χ2v) is 9.95. The van der Waals surface area contributed by atoms with E-state index in [1.165, 1.54) is 0 Å². The van der Waals surface area contributed by atoms with Gasteiger partial charge in [-0.15, -0.1) is 0 Å². The van der Waals surface area contributed by atoms with E-state index in [1.807, 2.05) is 33.8 Å². The molecule has 34 heavy (non-hydrogen) atoms. The summed E-state index contributed by atoms with van der Waals surface area (Å²) in [6, 6.07) is 5.68. The van der Waals surface area contributed by atoms with Crippen LogP contribution in [0.4, 0.5) is 4.79 Å². The lowest BCUT2D eigenvalue weighted by Crippen LogP contribution is -2.50. The standard InChI is InChI=1S/C24H34N6O4/c1-16(19-7-6-11-29(19)5)32-21-14-22(28-20(15-26)27-21)33-18-9-12-30(17(13-18)8-10-25)23(31)34-24(2,3)4/h14,16-19H,6-9,11-13H2,1-5H3/t16-,17?,18?,19-/m0/s1. The van der Waals surface area contributed by atoms with Crippen molar-refractivity contribution in [2.24, 2.45) is 0 Å². The molecule has 2 aliphatic heterocycles. The van der Waals surface area contributed by atoms with Crippen LogP contribution in [0, 0.1) is 22.7 Å². The van der Waals surface area contributed by atoms with Crippen LogP contribution in [0.5, 0.6) is 11.8 Å². The molecule has 0 N–H and O–H groups in total. The van der Waals surface area contributed by atoms with Crippen molar-refractivity contribution in [3.63, 3.8) is 0 Å². The largest absolute Gasteiger partial charge is 0.474 e. The molecule has 0 bridgehead atoms. The number of ether oxygens (including phenoxy) is 3. The molecule has 0 spiro atoms. The van der Waals surface area contributed by atoms with Crippen molar-refractivity contribution in [1.82, 2.24) is 19.8 Å². The van der Waals surface area contributed by atoms with Gasteiger partial charge in [0.25, 0.3) is 0 Å². The van der Waals surface area contributed by atoms with Gasteiger partial charge in [0.15, 0.2) is 0 Å². The second kappa shape index (κ2) is 10.9. The molecule has 2 unspecified atom stereocenters. The first kappa shape index (κ1) is 25.5. The Morgan fingerprint density at radius 3 is 2.59 bits per heavy atom. The first-order valence-corrected chi connectivity index (χ1v) is 11.8. The summed E-state index contributed by atoms with van der Waals surface area (Å²) in [6.07, 6.45) is 2.55. The van der Waals surface area contributed by atoms with E-state index in [2.05, 4.69) is 28.0 Å². The molecule has 0 aromatic carbocycles. The molecule has 2 fully saturated rings. The number of hydrogen-bond acceptors (Lipinski definition) is 9. The Balaban J connectivity index is 1.68. The molecule has 3 heterocycles. The number of piperidine rings is 1. The lowest BCUT2D eigenvalue weighted by Gasteiger charge is -2.38. The summed E-state index contributed by atoms with van der Waals surface area (Å²) in [6.45, 7) is 8.87. The molecule has 1 amide bonds. The predicted molar refractivity (Wildman–Crippen MR) is 123 cm³/mol. The van der Waals surface area contributed by atoms with Crippen molar-refractivity contribution in [2.75, 3.05) is 20.1 Å². The van der Waals surface area contributed by atoms with Crippen LogP contribution in [0.3, 0.4) is 0 Å². The number of rotatable bonds is 6. The van der Waals surface area contributed by atoms with Crippen LogP contribution in [-0.2, 0) is 4.74 Å². The highest BCUT2D eigenvalue weighted by molar-refractivity contribution is 5.68. The summed E-state index contributed by atoms with van der Waals surface area (Å²) in [5.41, 5.74) is -0.614. The quantitative estimate of drug-likeness (QED) is 0.616. The first-order chi connectivity index (χ1) is 16.1. The predicted octanol–water partition coefficient (Wildman–Crippen LogP) is 3.27. The Bertz CT molecular complexity index is 950. The minimum Gasteiger partial charge on any atom is -0.474 e. The number of amides is 1.